The Balaban J connectivity index is 1.77. The molecule has 4 rings (SSSR count). The van der Waals surface area contributed by atoms with Gasteiger partial charge in [0.25, 0.3) is 0 Å². The molecule has 2 heterocycles. The van der Waals surface area contributed by atoms with Gasteiger partial charge in [-0.05, 0) is 18.4 Å². The maximum Gasteiger partial charge on any atom is 0.343 e. The molecular formula is C23H23N3O4S. The quantitative estimate of drug-likeness (QED) is 0.468. The fourth-order valence-electron chi connectivity index (χ4n) is 3.91. The molecule has 2 N–H and O–H groups in total. The number of likely N-dealkylation sites (tertiary alicyclic amines) is 1. The molecule has 1 aliphatic rings. The highest BCUT2D eigenvalue weighted by molar-refractivity contribution is 7.16. The van der Waals surface area contributed by atoms with Crippen molar-refractivity contribution in [2.45, 2.75) is 18.3 Å². The Kier molecular flexibility index (Phi) is 5.75. The van der Waals surface area contributed by atoms with Gasteiger partial charge in [0.1, 0.15) is 10.4 Å². The number of hydrogen-bond acceptors (Lipinski definition) is 5. The van der Waals surface area contributed by atoms with Gasteiger partial charge in [-0.3, -0.25) is 10.0 Å². The summed E-state index contributed by atoms with van der Waals surface area (Å²) in [4.78, 5) is 31.8. The van der Waals surface area contributed by atoms with Gasteiger partial charge >= 0.3 is 12.0 Å². The molecule has 0 atom stereocenters. The van der Waals surface area contributed by atoms with Crippen molar-refractivity contribution >= 4 is 23.3 Å². The van der Waals surface area contributed by atoms with Crippen molar-refractivity contribution in [2.24, 2.45) is 0 Å². The Morgan fingerprint density at radius 2 is 1.55 bits per heavy atom. The molecule has 160 valence electrons. The van der Waals surface area contributed by atoms with E-state index in [0.717, 1.165) is 21.7 Å². The standard InChI is InChI=1S/C23H23N3O4S/c1-25(30)22(29)26-14-12-23(13-15-26,21(27)28)20-24-18(16-8-4-2-5-9-16)19(31-20)17-10-6-3-7-11-17/h2-11,30H,12-15H2,1H3,(H,27,28). The molecule has 0 spiro atoms. The highest BCUT2D eigenvalue weighted by Crippen LogP contribution is 2.44. The Morgan fingerprint density at radius 3 is 2.06 bits per heavy atom. The fraction of sp³-hybridized carbons (Fsp3) is 0.261. The summed E-state index contributed by atoms with van der Waals surface area (Å²) in [7, 11) is 1.26. The van der Waals surface area contributed by atoms with Crippen LogP contribution in [-0.2, 0) is 10.2 Å². The van der Waals surface area contributed by atoms with Crippen molar-refractivity contribution in [1.82, 2.24) is 14.9 Å². The number of carbonyl (C=O) groups excluding carboxylic acids is 1. The zero-order valence-corrected chi connectivity index (χ0v) is 17.9. The zero-order chi connectivity index (χ0) is 22.0. The summed E-state index contributed by atoms with van der Waals surface area (Å²) in [5.74, 6) is -0.940. The lowest BCUT2D eigenvalue weighted by Gasteiger charge is -2.38. The molecule has 1 saturated heterocycles. The number of aromatic nitrogens is 1. The van der Waals surface area contributed by atoms with Gasteiger partial charge in [-0.25, -0.2) is 14.8 Å². The van der Waals surface area contributed by atoms with E-state index in [2.05, 4.69) is 0 Å². The average molecular weight is 438 g/mol. The molecule has 1 aromatic heterocycles. The third kappa shape index (κ3) is 3.92. The first-order valence-corrected chi connectivity index (χ1v) is 10.8. The van der Waals surface area contributed by atoms with Gasteiger partial charge < -0.3 is 10.0 Å². The summed E-state index contributed by atoms with van der Waals surface area (Å²) in [5, 5.41) is 20.7. The van der Waals surface area contributed by atoms with Crippen molar-refractivity contribution in [3.8, 4) is 21.7 Å². The molecule has 31 heavy (non-hydrogen) atoms. The van der Waals surface area contributed by atoms with Crippen molar-refractivity contribution in [3.05, 3.63) is 65.7 Å². The summed E-state index contributed by atoms with van der Waals surface area (Å²) in [6.45, 7) is 0.466. The Hall–Kier alpha value is -3.23. The van der Waals surface area contributed by atoms with Crippen LogP contribution in [0.15, 0.2) is 60.7 Å². The van der Waals surface area contributed by atoms with Crippen molar-refractivity contribution in [2.75, 3.05) is 20.1 Å². The monoisotopic (exact) mass is 437 g/mol. The number of urea groups is 1. The second kappa shape index (κ2) is 8.49. The van der Waals surface area contributed by atoms with E-state index in [1.54, 1.807) is 0 Å². The number of piperidine rings is 1. The van der Waals surface area contributed by atoms with Crippen LogP contribution in [0.25, 0.3) is 21.7 Å². The molecule has 0 saturated carbocycles. The number of carbonyl (C=O) groups is 2. The van der Waals surface area contributed by atoms with Crippen LogP contribution in [0.5, 0.6) is 0 Å². The highest BCUT2D eigenvalue weighted by atomic mass is 32.1. The van der Waals surface area contributed by atoms with Crippen LogP contribution in [0.1, 0.15) is 17.8 Å². The van der Waals surface area contributed by atoms with E-state index in [1.807, 2.05) is 60.7 Å². The highest BCUT2D eigenvalue weighted by Gasteiger charge is 2.47. The molecule has 1 aliphatic heterocycles. The van der Waals surface area contributed by atoms with Crippen LogP contribution >= 0.6 is 11.3 Å². The SMILES string of the molecule is CN(O)C(=O)N1CCC(C(=O)O)(c2nc(-c3ccccc3)c(-c3ccccc3)s2)CC1. The maximum atomic E-state index is 12.5. The van der Waals surface area contributed by atoms with Gasteiger partial charge in [0.05, 0.1) is 10.6 Å². The smallest absolute Gasteiger partial charge is 0.343 e. The van der Waals surface area contributed by atoms with Crippen molar-refractivity contribution in [1.29, 1.82) is 0 Å². The first-order valence-electron chi connectivity index (χ1n) is 9.99. The number of nitrogens with zero attached hydrogens (tertiary/aromatic N) is 3. The molecule has 0 radical (unpaired) electrons. The molecule has 0 unspecified atom stereocenters. The Morgan fingerprint density at radius 1 is 1.00 bits per heavy atom. The van der Waals surface area contributed by atoms with Crippen molar-refractivity contribution in [3.63, 3.8) is 0 Å². The van der Waals surface area contributed by atoms with E-state index in [1.165, 1.54) is 23.3 Å². The lowest BCUT2D eigenvalue weighted by atomic mass is 9.79. The first-order chi connectivity index (χ1) is 14.9. The van der Waals surface area contributed by atoms with Crippen molar-refractivity contribution < 1.29 is 19.9 Å². The van der Waals surface area contributed by atoms with Gasteiger partial charge in [0.2, 0.25) is 0 Å². The van der Waals surface area contributed by atoms with E-state index in [4.69, 9.17) is 4.98 Å². The molecule has 1 fully saturated rings. The van der Waals surface area contributed by atoms with Crippen LogP contribution in [-0.4, -0.2) is 57.4 Å². The Labute approximate surface area is 184 Å². The zero-order valence-electron chi connectivity index (χ0n) is 17.1. The van der Waals surface area contributed by atoms with Gasteiger partial charge in [-0.1, -0.05) is 60.7 Å². The Bertz CT molecular complexity index is 1020. The normalized spacial score (nSPS) is 15.5. The molecule has 3 aromatic rings. The second-order valence-electron chi connectivity index (χ2n) is 7.61. The minimum Gasteiger partial charge on any atom is -0.481 e. The number of carboxylic acids is 1. The topological polar surface area (TPSA) is 94.0 Å². The first kappa shape index (κ1) is 21.0. The number of hydroxylamine groups is 2. The number of carboxylic acid groups (broad SMARTS) is 1. The predicted octanol–water partition coefficient (Wildman–Crippen LogP) is 4.34. The van der Waals surface area contributed by atoms with E-state index in [9.17, 15) is 19.9 Å². The van der Waals surface area contributed by atoms with Crippen LogP contribution < -0.4 is 0 Å². The molecular weight excluding hydrogens is 414 g/mol. The second-order valence-corrected chi connectivity index (χ2v) is 8.61. The number of aliphatic carboxylic acids is 1. The van der Waals surface area contributed by atoms with Gasteiger partial charge in [0.15, 0.2) is 0 Å². The molecule has 7 nitrogen and oxygen atoms in total. The van der Waals surface area contributed by atoms with Crippen LogP contribution in [0.2, 0.25) is 0 Å². The van der Waals surface area contributed by atoms with Gasteiger partial charge in [-0.2, -0.15) is 0 Å². The van der Waals surface area contributed by atoms with Crippen LogP contribution in [0.4, 0.5) is 4.79 Å². The van der Waals surface area contributed by atoms with E-state index in [-0.39, 0.29) is 25.9 Å². The molecule has 0 aliphatic carbocycles. The lowest BCUT2D eigenvalue weighted by molar-refractivity contribution is -0.146. The number of benzene rings is 2. The third-order valence-corrected chi connectivity index (χ3v) is 7.00. The minimum absolute atomic E-state index is 0.233. The summed E-state index contributed by atoms with van der Waals surface area (Å²) < 4.78 is 0. The van der Waals surface area contributed by atoms with Crippen LogP contribution in [0, 0.1) is 0 Å². The number of amides is 2. The largest absolute Gasteiger partial charge is 0.481 e. The third-order valence-electron chi connectivity index (χ3n) is 5.69. The molecule has 2 amide bonds. The summed E-state index contributed by atoms with van der Waals surface area (Å²) >= 11 is 1.40. The molecule has 2 aromatic carbocycles. The van der Waals surface area contributed by atoms with E-state index in [0.29, 0.717) is 10.1 Å². The van der Waals surface area contributed by atoms with E-state index >= 15 is 0 Å². The number of hydrogen-bond donors (Lipinski definition) is 2. The number of rotatable bonds is 4. The fourth-order valence-corrected chi connectivity index (χ4v) is 5.24. The molecule has 0 bridgehead atoms. The van der Waals surface area contributed by atoms with Gasteiger partial charge in [-0.15, -0.1) is 11.3 Å². The summed E-state index contributed by atoms with van der Waals surface area (Å²) in [5.41, 5.74) is 1.51. The maximum absolute atomic E-state index is 12.5. The average Bonchev–Trinajstić information content (AvgIpc) is 3.25. The minimum atomic E-state index is -1.17. The van der Waals surface area contributed by atoms with Gasteiger partial charge in [0, 0.05) is 25.7 Å². The number of thiazole rings is 1. The predicted molar refractivity (Wildman–Crippen MR) is 118 cm³/mol. The lowest BCUT2D eigenvalue weighted by Crippen LogP contribution is -2.51. The molecule has 8 heteroatoms. The van der Waals surface area contributed by atoms with E-state index < -0.39 is 17.4 Å². The summed E-state index contributed by atoms with van der Waals surface area (Å²) in [6.07, 6.45) is 0.468. The summed E-state index contributed by atoms with van der Waals surface area (Å²) in [6, 6.07) is 19.0. The van der Waals surface area contributed by atoms with Crippen LogP contribution in [0.3, 0.4) is 0 Å².